The van der Waals surface area contributed by atoms with Crippen molar-refractivity contribution < 1.29 is 10.0 Å². The Bertz CT molecular complexity index is 584. The van der Waals surface area contributed by atoms with E-state index in [-0.39, 0.29) is 11.7 Å². The van der Waals surface area contributed by atoms with Gasteiger partial charge in [0, 0.05) is 24.8 Å². The zero-order valence-corrected chi connectivity index (χ0v) is 13.0. The van der Waals surface area contributed by atoms with Gasteiger partial charge in [-0.2, -0.15) is 5.10 Å². The average Bonchev–Trinajstić information content (AvgIpc) is 2.65. The van der Waals surface area contributed by atoms with Crippen LogP contribution in [0.4, 0.5) is 0 Å². The van der Waals surface area contributed by atoms with Gasteiger partial charge in [0.1, 0.15) is 5.41 Å². The maximum Gasteiger partial charge on any atom is 0.234 e. The maximum atomic E-state index is 12.5. The number of aryl methyl sites for hydroxylation is 2. The van der Waals surface area contributed by atoms with Crippen molar-refractivity contribution in [2.75, 3.05) is 0 Å². The summed E-state index contributed by atoms with van der Waals surface area (Å²) < 4.78 is 1.79. The van der Waals surface area contributed by atoms with Crippen molar-refractivity contribution >= 4 is 11.7 Å². The molecule has 1 aliphatic carbocycles. The summed E-state index contributed by atoms with van der Waals surface area (Å²) in [6.45, 7) is 6.33. The number of oxime groups is 1. The van der Waals surface area contributed by atoms with E-state index in [1.54, 1.807) is 4.68 Å². The topological polar surface area (TPSA) is 106 Å². The van der Waals surface area contributed by atoms with Crippen LogP contribution >= 0.6 is 0 Å². The highest BCUT2D eigenvalue weighted by Crippen LogP contribution is 2.45. The van der Waals surface area contributed by atoms with Crippen LogP contribution in [0, 0.1) is 25.2 Å². The summed E-state index contributed by atoms with van der Waals surface area (Å²) in [4.78, 5) is 12.5. The van der Waals surface area contributed by atoms with Crippen LogP contribution in [0.5, 0.6) is 0 Å². The molecule has 0 radical (unpaired) electrons. The van der Waals surface area contributed by atoms with Crippen LogP contribution in [0.25, 0.3) is 0 Å². The molecule has 0 aliphatic heterocycles. The zero-order valence-electron chi connectivity index (χ0n) is 13.0. The van der Waals surface area contributed by atoms with Crippen LogP contribution in [-0.2, 0) is 18.4 Å². The van der Waals surface area contributed by atoms with Crippen LogP contribution in [0.15, 0.2) is 5.16 Å². The first-order valence-electron chi connectivity index (χ1n) is 7.07. The smallest absolute Gasteiger partial charge is 0.234 e. The molecule has 116 valence electrons. The molecule has 4 N–H and O–H groups in total. The number of amidine groups is 1. The molecule has 1 heterocycles. The minimum atomic E-state index is -0.863. The number of nitrogens with one attached hydrogen (secondary N) is 1. The number of carbonyl (C=O) groups excluding carboxylic acids is 1. The Morgan fingerprint density at radius 3 is 2.62 bits per heavy atom. The molecule has 0 spiro atoms. The van der Waals surface area contributed by atoms with Gasteiger partial charge in [-0.3, -0.25) is 9.48 Å². The molecule has 0 unspecified atom stereocenters. The van der Waals surface area contributed by atoms with Crippen molar-refractivity contribution in [1.29, 1.82) is 0 Å². The van der Waals surface area contributed by atoms with Crippen LogP contribution in [-0.4, -0.2) is 26.7 Å². The molecule has 1 amide bonds. The van der Waals surface area contributed by atoms with Crippen LogP contribution in [0.3, 0.4) is 0 Å². The highest BCUT2D eigenvalue weighted by molar-refractivity contribution is 6.07. The first kappa shape index (κ1) is 15.3. The second kappa shape index (κ2) is 5.38. The Labute approximate surface area is 124 Å². The van der Waals surface area contributed by atoms with E-state index in [0.29, 0.717) is 25.3 Å². The van der Waals surface area contributed by atoms with E-state index in [1.807, 2.05) is 27.8 Å². The molecule has 0 saturated heterocycles. The monoisotopic (exact) mass is 293 g/mol. The van der Waals surface area contributed by atoms with E-state index in [1.165, 1.54) is 0 Å². The summed E-state index contributed by atoms with van der Waals surface area (Å²) in [5.74, 6) is 0.217. The van der Waals surface area contributed by atoms with Crippen LogP contribution < -0.4 is 11.1 Å². The minimum absolute atomic E-state index is 0.00210. The van der Waals surface area contributed by atoms with E-state index in [0.717, 1.165) is 17.0 Å². The second-order valence-corrected chi connectivity index (χ2v) is 6.04. The lowest BCUT2D eigenvalue weighted by Gasteiger charge is -2.43. The third kappa shape index (κ3) is 2.48. The highest BCUT2D eigenvalue weighted by Gasteiger charge is 2.52. The lowest BCUT2D eigenvalue weighted by Crippen LogP contribution is -2.56. The standard InChI is InChI=1S/C14H23N5O2/c1-8-5-14(6-8,12(15)18-21)13(20)16-7-11-9(2)17-19(4)10(11)3/h8,21H,5-7H2,1-4H3,(H2,15,18)(H,16,20). The summed E-state index contributed by atoms with van der Waals surface area (Å²) in [5.41, 5.74) is 7.80. The molecule has 2 rings (SSSR count). The van der Waals surface area contributed by atoms with Crippen molar-refractivity contribution in [3.63, 3.8) is 0 Å². The number of hydrogen-bond acceptors (Lipinski definition) is 4. The van der Waals surface area contributed by atoms with Gasteiger partial charge in [-0.05, 0) is 32.6 Å². The van der Waals surface area contributed by atoms with E-state index >= 15 is 0 Å². The fourth-order valence-corrected chi connectivity index (χ4v) is 3.15. The molecule has 0 aromatic carbocycles. The van der Waals surface area contributed by atoms with Crippen molar-refractivity contribution in [2.24, 2.45) is 29.3 Å². The molecule has 1 saturated carbocycles. The Morgan fingerprint density at radius 1 is 1.57 bits per heavy atom. The number of carbonyl (C=O) groups is 1. The highest BCUT2D eigenvalue weighted by atomic mass is 16.4. The van der Waals surface area contributed by atoms with Crippen molar-refractivity contribution in [2.45, 2.75) is 40.2 Å². The molecular weight excluding hydrogens is 270 g/mol. The Morgan fingerprint density at radius 2 is 2.19 bits per heavy atom. The largest absolute Gasteiger partial charge is 0.409 e. The molecule has 0 atom stereocenters. The van der Waals surface area contributed by atoms with Gasteiger partial charge in [0.05, 0.1) is 5.69 Å². The normalized spacial score (nSPS) is 25.5. The van der Waals surface area contributed by atoms with Gasteiger partial charge >= 0.3 is 0 Å². The van der Waals surface area contributed by atoms with Crippen LogP contribution in [0.1, 0.15) is 36.7 Å². The Hall–Kier alpha value is -2.05. The number of rotatable bonds is 4. The molecule has 7 heteroatoms. The molecule has 0 bridgehead atoms. The lowest BCUT2D eigenvalue weighted by molar-refractivity contribution is -0.133. The predicted molar refractivity (Wildman–Crippen MR) is 78.8 cm³/mol. The Balaban J connectivity index is 2.11. The summed E-state index contributed by atoms with van der Waals surface area (Å²) in [5, 5.41) is 19.2. The third-order valence-corrected chi connectivity index (χ3v) is 4.51. The van der Waals surface area contributed by atoms with Gasteiger partial charge in [0.2, 0.25) is 5.91 Å². The maximum absolute atomic E-state index is 12.5. The summed E-state index contributed by atoms with van der Waals surface area (Å²) in [6.07, 6.45) is 1.22. The number of aromatic nitrogens is 2. The molecule has 7 nitrogen and oxygen atoms in total. The van der Waals surface area contributed by atoms with E-state index in [4.69, 9.17) is 10.9 Å². The SMILES string of the molecule is Cc1nn(C)c(C)c1CNC(=O)C1(C(N)=NO)CC(C)C1. The molecule has 1 aliphatic rings. The fraction of sp³-hybridized carbons (Fsp3) is 0.643. The number of amides is 1. The van der Waals surface area contributed by atoms with Gasteiger partial charge < -0.3 is 16.3 Å². The summed E-state index contributed by atoms with van der Waals surface area (Å²) >= 11 is 0. The number of nitrogens with zero attached hydrogens (tertiary/aromatic N) is 3. The van der Waals surface area contributed by atoms with Gasteiger partial charge in [-0.1, -0.05) is 12.1 Å². The van der Waals surface area contributed by atoms with E-state index in [2.05, 4.69) is 15.6 Å². The van der Waals surface area contributed by atoms with Crippen molar-refractivity contribution in [3.8, 4) is 0 Å². The second-order valence-electron chi connectivity index (χ2n) is 6.04. The lowest BCUT2D eigenvalue weighted by atomic mass is 9.61. The first-order valence-corrected chi connectivity index (χ1v) is 7.07. The van der Waals surface area contributed by atoms with Gasteiger partial charge in [-0.25, -0.2) is 0 Å². The number of nitrogens with two attached hydrogens (primary N) is 1. The zero-order chi connectivity index (χ0) is 15.8. The van der Waals surface area contributed by atoms with Crippen LogP contribution in [0.2, 0.25) is 0 Å². The Kier molecular flexibility index (Phi) is 3.93. The van der Waals surface area contributed by atoms with Gasteiger partial charge in [0.25, 0.3) is 0 Å². The fourth-order valence-electron chi connectivity index (χ4n) is 3.15. The molecule has 1 aromatic heterocycles. The average molecular weight is 293 g/mol. The molecule has 1 fully saturated rings. The van der Waals surface area contributed by atoms with Gasteiger partial charge in [0.15, 0.2) is 5.84 Å². The molecule has 21 heavy (non-hydrogen) atoms. The quantitative estimate of drug-likeness (QED) is 0.331. The van der Waals surface area contributed by atoms with Crippen molar-refractivity contribution in [3.05, 3.63) is 17.0 Å². The van der Waals surface area contributed by atoms with E-state index in [9.17, 15) is 4.79 Å². The summed E-state index contributed by atoms with van der Waals surface area (Å²) in [6, 6.07) is 0. The molecular formula is C14H23N5O2. The van der Waals surface area contributed by atoms with E-state index < -0.39 is 5.41 Å². The number of hydrogen-bond donors (Lipinski definition) is 3. The first-order chi connectivity index (χ1) is 9.81. The third-order valence-electron chi connectivity index (χ3n) is 4.51. The van der Waals surface area contributed by atoms with Crippen molar-refractivity contribution in [1.82, 2.24) is 15.1 Å². The predicted octanol–water partition coefficient (Wildman–Crippen LogP) is 0.816. The minimum Gasteiger partial charge on any atom is -0.409 e. The van der Waals surface area contributed by atoms with Gasteiger partial charge in [-0.15, -0.1) is 0 Å². The molecule has 1 aromatic rings. The summed E-state index contributed by atoms with van der Waals surface area (Å²) in [7, 11) is 1.87.